The molecule has 1 atom stereocenters. The van der Waals surface area contributed by atoms with Crippen molar-refractivity contribution in [2.24, 2.45) is 5.73 Å². The summed E-state index contributed by atoms with van der Waals surface area (Å²) < 4.78 is 0. The molecular weight excluding hydrogens is 478 g/mol. The molecule has 1 aromatic heterocycles. The van der Waals surface area contributed by atoms with E-state index < -0.39 is 5.54 Å². The minimum Gasteiger partial charge on any atom is -0.339 e. The van der Waals surface area contributed by atoms with Gasteiger partial charge in [0, 0.05) is 34.6 Å². The normalized spacial score (nSPS) is 13.1. The number of aryl methyl sites for hydroxylation is 1. The molecule has 4 nitrogen and oxygen atoms in total. The Hall–Kier alpha value is -3.47. The second-order valence-corrected chi connectivity index (χ2v) is 10.0. The van der Waals surface area contributed by atoms with Crippen LogP contribution in [0.25, 0.3) is 23.1 Å². The molecule has 2 N–H and O–H groups in total. The van der Waals surface area contributed by atoms with Gasteiger partial charge in [-0.1, -0.05) is 66.2 Å². The van der Waals surface area contributed by atoms with Crippen LogP contribution in [0.5, 0.6) is 0 Å². The Morgan fingerprint density at radius 3 is 2.51 bits per heavy atom. The number of amides is 1. The van der Waals surface area contributed by atoms with Gasteiger partial charge in [0.1, 0.15) is 0 Å². The third kappa shape index (κ3) is 6.46. The lowest BCUT2D eigenvalue weighted by atomic mass is 9.85. The van der Waals surface area contributed by atoms with Crippen LogP contribution in [0.2, 0.25) is 5.02 Å². The number of pyridine rings is 1. The molecule has 0 aliphatic carbocycles. The first-order valence-electron chi connectivity index (χ1n) is 12.8. The van der Waals surface area contributed by atoms with Gasteiger partial charge in [-0.25, -0.2) is 4.98 Å². The highest BCUT2D eigenvalue weighted by Gasteiger charge is 2.23. The van der Waals surface area contributed by atoms with Crippen LogP contribution in [0.1, 0.15) is 59.9 Å². The Labute approximate surface area is 224 Å². The minimum absolute atomic E-state index is 0.0797. The van der Waals surface area contributed by atoms with Crippen molar-refractivity contribution in [3.05, 3.63) is 112 Å². The van der Waals surface area contributed by atoms with Crippen LogP contribution in [0, 0.1) is 0 Å². The van der Waals surface area contributed by atoms with Crippen molar-refractivity contribution in [1.29, 1.82) is 0 Å². The molecule has 37 heavy (non-hydrogen) atoms. The average molecular weight is 512 g/mol. The van der Waals surface area contributed by atoms with Crippen LogP contribution < -0.4 is 5.73 Å². The number of nitrogens with zero attached hydrogens (tertiary/aromatic N) is 2. The number of rotatable bonds is 9. The SMILES string of the molecule is CCN(CC)C(=O)c1ccccc1CCC(C)(N)c1cccc(/C=C/c2ccc3ccc(Cl)cc3n2)c1. The molecule has 1 heterocycles. The van der Waals surface area contributed by atoms with Gasteiger partial charge in [0.05, 0.1) is 11.2 Å². The van der Waals surface area contributed by atoms with Crippen LogP contribution in [0.4, 0.5) is 0 Å². The largest absolute Gasteiger partial charge is 0.339 e. The first-order valence-corrected chi connectivity index (χ1v) is 13.2. The molecule has 0 saturated carbocycles. The van der Waals surface area contributed by atoms with Crippen molar-refractivity contribution < 1.29 is 4.79 Å². The van der Waals surface area contributed by atoms with E-state index in [2.05, 4.69) is 37.3 Å². The number of hydrogen-bond acceptors (Lipinski definition) is 3. The molecule has 0 aliphatic heterocycles. The van der Waals surface area contributed by atoms with Crippen molar-refractivity contribution in [3.63, 3.8) is 0 Å². The van der Waals surface area contributed by atoms with Crippen molar-refractivity contribution in [2.75, 3.05) is 13.1 Å². The van der Waals surface area contributed by atoms with Gasteiger partial charge >= 0.3 is 0 Å². The molecule has 0 radical (unpaired) electrons. The van der Waals surface area contributed by atoms with Crippen LogP contribution in [0.3, 0.4) is 0 Å². The predicted octanol–water partition coefficient (Wildman–Crippen LogP) is 7.35. The number of benzene rings is 3. The quantitative estimate of drug-likeness (QED) is 0.255. The van der Waals surface area contributed by atoms with E-state index in [-0.39, 0.29) is 5.91 Å². The Morgan fingerprint density at radius 1 is 0.973 bits per heavy atom. The van der Waals surface area contributed by atoms with Crippen molar-refractivity contribution >= 4 is 40.6 Å². The van der Waals surface area contributed by atoms with E-state index in [9.17, 15) is 4.79 Å². The number of hydrogen-bond donors (Lipinski definition) is 1. The maximum atomic E-state index is 13.0. The molecule has 0 aliphatic rings. The lowest BCUT2D eigenvalue weighted by molar-refractivity contribution is 0.0771. The summed E-state index contributed by atoms with van der Waals surface area (Å²) in [6.45, 7) is 7.46. The van der Waals surface area contributed by atoms with Gasteiger partial charge < -0.3 is 10.6 Å². The summed E-state index contributed by atoms with van der Waals surface area (Å²) >= 11 is 6.13. The van der Waals surface area contributed by atoms with E-state index in [0.29, 0.717) is 18.1 Å². The fourth-order valence-corrected chi connectivity index (χ4v) is 4.71. The zero-order chi connectivity index (χ0) is 26.4. The third-order valence-electron chi connectivity index (χ3n) is 6.88. The van der Waals surface area contributed by atoms with E-state index in [1.807, 2.05) is 79.4 Å². The van der Waals surface area contributed by atoms with Crippen molar-refractivity contribution in [1.82, 2.24) is 9.88 Å². The van der Waals surface area contributed by atoms with Crippen LogP contribution in [-0.4, -0.2) is 28.9 Å². The first-order chi connectivity index (χ1) is 17.8. The zero-order valence-electron chi connectivity index (χ0n) is 21.7. The molecule has 0 spiro atoms. The number of fused-ring (bicyclic) bond motifs is 1. The van der Waals surface area contributed by atoms with Gasteiger partial charge in [0.25, 0.3) is 5.91 Å². The molecule has 5 heteroatoms. The second-order valence-electron chi connectivity index (χ2n) is 9.58. The molecule has 190 valence electrons. The summed E-state index contributed by atoms with van der Waals surface area (Å²) in [6, 6.07) is 25.9. The Balaban J connectivity index is 1.50. The van der Waals surface area contributed by atoms with Crippen LogP contribution in [0.15, 0.2) is 78.9 Å². The Bertz CT molecular complexity index is 1420. The third-order valence-corrected chi connectivity index (χ3v) is 7.12. The summed E-state index contributed by atoms with van der Waals surface area (Å²) in [4.78, 5) is 19.6. The number of carbonyl (C=O) groups excluding carboxylic acids is 1. The molecule has 0 saturated heterocycles. The topological polar surface area (TPSA) is 59.2 Å². The van der Waals surface area contributed by atoms with E-state index >= 15 is 0 Å². The van der Waals surface area contributed by atoms with Crippen LogP contribution >= 0.6 is 11.6 Å². The maximum Gasteiger partial charge on any atom is 0.254 e. The van der Waals surface area contributed by atoms with Crippen molar-refractivity contribution in [2.45, 2.75) is 39.2 Å². The summed E-state index contributed by atoms with van der Waals surface area (Å²) in [5.74, 6) is 0.0797. The standard InChI is InChI=1S/C32H34ClN3O/c1-4-36(5-2)31(37)29-12-7-6-10-24(29)19-20-32(3,34)26-11-8-9-23(21-26)13-17-28-18-15-25-14-16-27(33)22-30(25)35-28/h6-18,21-22H,4-5,19-20,34H2,1-3H3/b17-13+. The summed E-state index contributed by atoms with van der Waals surface area (Å²) in [5, 5.41) is 1.74. The van der Waals surface area contributed by atoms with E-state index in [1.165, 1.54) is 0 Å². The molecule has 3 aromatic carbocycles. The van der Waals surface area contributed by atoms with Gasteiger partial charge in [-0.05, 0) is 86.7 Å². The lowest BCUT2D eigenvalue weighted by Crippen LogP contribution is -2.34. The zero-order valence-corrected chi connectivity index (χ0v) is 22.5. The monoisotopic (exact) mass is 511 g/mol. The van der Waals surface area contributed by atoms with Gasteiger partial charge in [0.15, 0.2) is 0 Å². The number of nitrogens with two attached hydrogens (primary N) is 1. The Kier molecular flexibility index (Phi) is 8.42. The minimum atomic E-state index is -0.548. The summed E-state index contributed by atoms with van der Waals surface area (Å²) in [5.41, 5.74) is 11.9. The van der Waals surface area contributed by atoms with Gasteiger partial charge in [-0.3, -0.25) is 4.79 Å². The fraction of sp³-hybridized carbons (Fsp3) is 0.250. The molecule has 4 aromatic rings. The predicted molar refractivity (Wildman–Crippen MR) is 156 cm³/mol. The number of halogens is 1. The molecule has 4 rings (SSSR count). The average Bonchev–Trinajstić information content (AvgIpc) is 2.91. The summed E-state index contributed by atoms with van der Waals surface area (Å²) in [7, 11) is 0. The maximum absolute atomic E-state index is 13.0. The molecule has 0 bridgehead atoms. The first kappa shape index (κ1) is 26.6. The van der Waals surface area contributed by atoms with Gasteiger partial charge in [-0.15, -0.1) is 0 Å². The number of aromatic nitrogens is 1. The Morgan fingerprint density at radius 2 is 1.73 bits per heavy atom. The van der Waals surface area contributed by atoms with Crippen LogP contribution in [-0.2, 0) is 12.0 Å². The highest BCUT2D eigenvalue weighted by Crippen LogP contribution is 2.27. The van der Waals surface area contributed by atoms with E-state index in [0.717, 1.165) is 51.7 Å². The highest BCUT2D eigenvalue weighted by atomic mass is 35.5. The number of carbonyl (C=O) groups is 1. The van der Waals surface area contributed by atoms with E-state index in [1.54, 1.807) is 0 Å². The molecule has 1 amide bonds. The smallest absolute Gasteiger partial charge is 0.254 e. The molecular formula is C32H34ClN3O. The van der Waals surface area contributed by atoms with Gasteiger partial charge in [-0.2, -0.15) is 0 Å². The molecule has 0 fully saturated rings. The summed E-state index contributed by atoms with van der Waals surface area (Å²) in [6.07, 6.45) is 5.49. The lowest BCUT2D eigenvalue weighted by Gasteiger charge is -2.27. The highest BCUT2D eigenvalue weighted by molar-refractivity contribution is 6.31. The van der Waals surface area contributed by atoms with Crippen molar-refractivity contribution in [3.8, 4) is 0 Å². The second kappa shape index (κ2) is 11.7. The fourth-order valence-electron chi connectivity index (χ4n) is 4.54. The van der Waals surface area contributed by atoms with E-state index in [4.69, 9.17) is 22.3 Å². The molecule has 1 unspecified atom stereocenters. The van der Waals surface area contributed by atoms with Gasteiger partial charge in [0.2, 0.25) is 0 Å².